The van der Waals surface area contributed by atoms with E-state index < -0.39 is 8.07 Å². The lowest BCUT2D eigenvalue weighted by atomic mass is 10.2. The van der Waals surface area contributed by atoms with Gasteiger partial charge in [0.2, 0.25) is 0 Å². The van der Waals surface area contributed by atoms with Crippen molar-refractivity contribution < 1.29 is 5.11 Å². The fraction of sp³-hybridized carbons (Fsp3) is 0.667. The van der Waals surface area contributed by atoms with E-state index in [4.69, 9.17) is 5.11 Å². The lowest BCUT2D eigenvalue weighted by Crippen LogP contribution is -2.16. The highest BCUT2D eigenvalue weighted by atomic mass is 28.3. The quantitative estimate of drug-likeness (QED) is 0.427. The van der Waals surface area contributed by atoms with Crippen molar-refractivity contribution in [2.45, 2.75) is 45.3 Å². The first-order valence-corrected chi connectivity index (χ1v) is 8.67. The van der Waals surface area contributed by atoms with Gasteiger partial charge < -0.3 is 5.11 Å². The Morgan fingerprint density at radius 1 is 1.00 bits per heavy atom. The van der Waals surface area contributed by atoms with Crippen LogP contribution in [0.15, 0.2) is 0 Å². The highest BCUT2D eigenvalue weighted by Gasteiger charge is 2.06. The molecule has 2 heteroatoms. The van der Waals surface area contributed by atoms with Crippen molar-refractivity contribution in [3.63, 3.8) is 0 Å². The van der Waals surface area contributed by atoms with Crippen LogP contribution in [-0.2, 0) is 0 Å². The van der Waals surface area contributed by atoms with Crippen LogP contribution < -0.4 is 0 Å². The Kier molecular flexibility index (Phi) is 7.29. The standard InChI is InChI=1S/C12H20OSi/c1-14(2,3)12-10-8-6-4-5-7-9-11-13/h13H,4-5,7,9,11H2,1-3H3. The summed E-state index contributed by atoms with van der Waals surface area (Å²) in [5, 5.41) is 8.54. The van der Waals surface area contributed by atoms with Crippen molar-refractivity contribution >= 4 is 8.07 Å². The molecule has 0 amide bonds. The maximum atomic E-state index is 8.54. The molecule has 0 aliphatic carbocycles. The zero-order valence-electron chi connectivity index (χ0n) is 9.48. The summed E-state index contributed by atoms with van der Waals surface area (Å²) >= 11 is 0. The predicted octanol–water partition coefficient (Wildman–Crippen LogP) is 2.42. The van der Waals surface area contributed by atoms with Crippen LogP contribution in [0.2, 0.25) is 19.6 Å². The van der Waals surface area contributed by atoms with Crippen molar-refractivity contribution in [2.75, 3.05) is 6.61 Å². The molecule has 0 saturated carbocycles. The minimum atomic E-state index is -1.24. The molecule has 0 aromatic heterocycles. The Morgan fingerprint density at radius 3 is 2.29 bits per heavy atom. The van der Waals surface area contributed by atoms with Crippen molar-refractivity contribution in [2.24, 2.45) is 0 Å². The number of aliphatic hydroxyl groups excluding tert-OH is 1. The molecular formula is C12H20OSi. The molecule has 0 heterocycles. The summed E-state index contributed by atoms with van der Waals surface area (Å²) in [6.07, 6.45) is 3.93. The third kappa shape index (κ3) is 11.3. The summed E-state index contributed by atoms with van der Waals surface area (Å²) in [6.45, 7) is 6.93. The molecule has 0 bridgehead atoms. The van der Waals surface area contributed by atoms with E-state index in [1.807, 2.05) is 0 Å². The van der Waals surface area contributed by atoms with E-state index in [9.17, 15) is 0 Å². The van der Waals surface area contributed by atoms with Gasteiger partial charge >= 0.3 is 0 Å². The zero-order chi connectivity index (χ0) is 10.9. The van der Waals surface area contributed by atoms with Gasteiger partial charge in [-0.05, 0) is 24.7 Å². The van der Waals surface area contributed by atoms with Gasteiger partial charge in [-0.25, -0.2) is 0 Å². The molecule has 0 aliphatic heterocycles. The normalized spacial score (nSPS) is 9.71. The van der Waals surface area contributed by atoms with E-state index >= 15 is 0 Å². The number of hydrogen-bond acceptors (Lipinski definition) is 1. The molecule has 1 nitrogen and oxygen atoms in total. The van der Waals surface area contributed by atoms with Crippen LogP contribution in [0.3, 0.4) is 0 Å². The Hall–Kier alpha value is -0.703. The van der Waals surface area contributed by atoms with Crippen LogP contribution in [0, 0.1) is 23.3 Å². The second-order valence-corrected chi connectivity index (χ2v) is 9.09. The Bertz CT molecular complexity index is 254. The van der Waals surface area contributed by atoms with Crippen LogP contribution in [-0.4, -0.2) is 19.8 Å². The predicted molar refractivity (Wildman–Crippen MR) is 64.5 cm³/mol. The Morgan fingerprint density at radius 2 is 1.71 bits per heavy atom. The molecule has 0 saturated heterocycles. The van der Waals surface area contributed by atoms with Crippen molar-refractivity contribution in [3.8, 4) is 23.3 Å². The van der Waals surface area contributed by atoms with Crippen LogP contribution >= 0.6 is 0 Å². The van der Waals surface area contributed by atoms with Crippen LogP contribution in [0.4, 0.5) is 0 Å². The minimum Gasteiger partial charge on any atom is -0.396 e. The summed E-state index contributed by atoms with van der Waals surface area (Å²) in [4.78, 5) is 0. The molecule has 0 spiro atoms. The van der Waals surface area contributed by atoms with Gasteiger partial charge in [-0.3, -0.25) is 0 Å². The second kappa shape index (κ2) is 7.68. The van der Waals surface area contributed by atoms with E-state index in [-0.39, 0.29) is 0 Å². The first-order chi connectivity index (χ1) is 6.56. The molecule has 1 N–H and O–H groups in total. The first kappa shape index (κ1) is 13.3. The van der Waals surface area contributed by atoms with E-state index in [0.29, 0.717) is 6.61 Å². The molecule has 0 rings (SSSR count). The fourth-order valence-electron chi connectivity index (χ4n) is 0.827. The maximum absolute atomic E-state index is 8.54. The smallest absolute Gasteiger partial charge is 0.130 e. The maximum Gasteiger partial charge on any atom is 0.130 e. The summed E-state index contributed by atoms with van der Waals surface area (Å²) in [5.74, 6) is 8.83. The molecule has 0 atom stereocenters. The summed E-state index contributed by atoms with van der Waals surface area (Å²) in [5.41, 5.74) is 3.20. The largest absolute Gasteiger partial charge is 0.396 e. The molecule has 0 unspecified atom stereocenters. The Labute approximate surface area is 88.9 Å². The molecule has 0 aromatic rings. The first-order valence-electron chi connectivity index (χ1n) is 5.17. The summed E-state index contributed by atoms with van der Waals surface area (Å²) < 4.78 is 0. The Balaban J connectivity index is 3.57. The fourth-order valence-corrected chi connectivity index (χ4v) is 1.26. The van der Waals surface area contributed by atoms with Gasteiger partial charge in [0, 0.05) is 13.0 Å². The molecule has 0 fully saturated rings. The van der Waals surface area contributed by atoms with Crippen molar-refractivity contribution in [1.29, 1.82) is 0 Å². The van der Waals surface area contributed by atoms with Crippen LogP contribution in [0.5, 0.6) is 0 Å². The average molecular weight is 208 g/mol. The molecule has 0 aliphatic rings. The van der Waals surface area contributed by atoms with E-state index in [1.165, 1.54) is 0 Å². The topological polar surface area (TPSA) is 20.2 Å². The van der Waals surface area contributed by atoms with Gasteiger partial charge in [0.1, 0.15) is 8.07 Å². The second-order valence-electron chi connectivity index (χ2n) is 4.34. The number of hydrogen-bond donors (Lipinski definition) is 1. The lowest BCUT2D eigenvalue weighted by Gasteiger charge is -2.01. The average Bonchev–Trinajstić information content (AvgIpc) is 2.08. The minimum absolute atomic E-state index is 0.295. The monoisotopic (exact) mass is 208 g/mol. The number of rotatable bonds is 4. The lowest BCUT2D eigenvalue weighted by molar-refractivity contribution is 0.283. The van der Waals surface area contributed by atoms with Crippen molar-refractivity contribution in [1.82, 2.24) is 0 Å². The third-order valence-electron chi connectivity index (χ3n) is 1.55. The molecule has 78 valence electrons. The SMILES string of the molecule is C[Si](C)(C)C#CC#CCCCCCO. The van der Waals surface area contributed by atoms with Gasteiger partial charge in [0.25, 0.3) is 0 Å². The van der Waals surface area contributed by atoms with E-state index in [0.717, 1.165) is 25.7 Å². The van der Waals surface area contributed by atoms with Crippen LogP contribution in [0.25, 0.3) is 0 Å². The van der Waals surface area contributed by atoms with Gasteiger partial charge in [-0.15, -0.1) is 5.54 Å². The zero-order valence-corrected chi connectivity index (χ0v) is 10.5. The number of aliphatic hydroxyl groups is 1. The highest BCUT2D eigenvalue weighted by molar-refractivity contribution is 6.83. The molecular weight excluding hydrogens is 188 g/mol. The highest BCUT2D eigenvalue weighted by Crippen LogP contribution is 1.97. The molecule has 14 heavy (non-hydrogen) atoms. The van der Waals surface area contributed by atoms with E-state index in [1.54, 1.807) is 0 Å². The summed E-state index contributed by atoms with van der Waals surface area (Å²) in [7, 11) is -1.24. The van der Waals surface area contributed by atoms with Gasteiger partial charge in [-0.1, -0.05) is 32.0 Å². The van der Waals surface area contributed by atoms with Gasteiger partial charge in [0.15, 0.2) is 0 Å². The third-order valence-corrected chi connectivity index (χ3v) is 2.42. The van der Waals surface area contributed by atoms with Gasteiger partial charge in [0.05, 0.1) is 0 Å². The van der Waals surface area contributed by atoms with Crippen molar-refractivity contribution in [3.05, 3.63) is 0 Å². The van der Waals surface area contributed by atoms with Crippen LogP contribution in [0.1, 0.15) is 25.7 Å². The number of unbranched alkanes of at least 4 members (excludes halogenated alkanes) is 3. The molecule has 0 radical (unpaired) electrons. The summed E-state index contributed by atoms with van der Waals surface area (Å²) in [6, 6.07) is 0. The molecule has 0 aromatic carbocycles. The van der Waals surface area contributed by atoms with E-state index in [2.05, 4.69) is 42.9 Å². The van der Waals surface area contributed by atoms with Gasteiger partial charge in [-0.2, -0.15) is 0 Å².